The number of halogens is 3. The Morgan fingerprint density at radius 3 is 2.50 bits per heavy atom. The number of rotatable bonds is 2. The van der Waals surface area contributed by atoms with Crippen LogP contribution in [-0.4, -0.2) is 27.7 Å². The molecule has 0 saturated carbocycles. The van der Waals surface area contributed by atoms with Crippen LogP contribution in [0.25, 0.3) is 33.6 Å². The van der Waals surface area contributed by atoms with Crippen LogP contribution in [0.4, 0.5) is 13.2 Å². The molecule has 1 fully saturated rings. The van der Waals surface area contributed by atoms with Crippen molar-refractivity contribution < 1.29 is 22.3 Å². The minimum Gasteiger partial charge on any atom is -0.436 e. The van der Waals surface area contributed by atoms with Crippen molar-refractivity contribution in [3.63, 3.8) is 0 Å². The molecule has 1 saturated heterocycles. The quantitative estimate of drug-likeness (QED) is 0.474. The van der Waals surface area contributed by atoms with Crippen molar-refractivity contribution in [2.45, 2.75) is 25.1 Å². The standard InChI is InChI=1S/C20H16F3N3O2/c21-20(22,23)19-25-15-11-12(18-24-14-3-1-2-4-17(14)28-18)5-6-16(15)26(19)13-7-9-27-10-8-13/h1-6,11,13H,7-10H2. The number of benzene rings is 2. The maximum absolute atomic E-state index is 13.7. The third-order valence-corrected chi connectivity index (χ3v) is 5.04. The van der Waals surface area contributed by atoms with Crippen LogP contribution in [0.3, 0.4) is 0 Å². The Kier molecular flexibility index (Phi) is 3.90. The van der Waals surface area contributed by atoms with E-state index in [0.717, 1.165) is 0 Å². The molecule has 2 aromatic carbocycles. The zero-order valence-electron chi connectivity index (χ0n) is 14.7. The van der Waals surface area contributed by atoms with Gasteiger partial charge in [-0.15, -0.1) is 0 Å². The van der Waals surface area contributed by atoms with Crippen molar-refractivity contribution in [1.29, 1.82) is 0 Å². The van der Waals surface area contributed by atoms with Crippen LogP contribution >= 0.6 is 0 Å². The molecule has 0 aliphatic carbocycles. The molecule has 0 N–H and O–H groups in total. The summed E-state index contributed by atoms with van der Waals surface area (Å²) >= 11 is 0. The van der Waals surface area contributed by atoms with Crippen LogP contribution in [0.2, 0.25) is 0 Å². The van der Waals surface area contributed by atoms with Crippen molar-refractivity contribution in [2.24, 2.45) is 0 Å². The number of hydrogen-bond donors (Lipinski definition) is 0. The predicted octanol–water partition coefficient (Wildman–Crippen LogP) is 5.21. The Morgan fingerprint density at radius 2 is 1.75 bits per heavy atom. The molecule has 4 aromatic rings. The lowest BCUT2D eigenvalue weighted by Gasteiger charge is -2.26. The van der Waals surface area contributed by atoms with E-state index in [4.69, 9.17) is 9.15 Å². The van der Waals surface area contributed by atoms with Crippen LogP contribution in [-0.2, 0) is 10.9 Å². The number of aromatic nitrogens is 3. The van der Waals surface area contributed by atoms with Crippen molar-refractivity contribution >= 4 is 22.1 Å². The average molecular weight is 387 g/mol. The average Bonchev–Trinajstić information content (AvgIpc) is 3.29. The first-order valence-corrected chi connectivity index (χ1v) is 9.03. The van der Waals surface area contributed by atoms with E-state index >= 15 is 0 Å². The van der Waals surface area contributed by atoms with Gasteiger partial charge >= 0.3 is 6.18 Å². The molecule has 0 unspecified atom stereocenters. The van der Waals surface area contributed by atoms with Crippen LogP contribution in [0.1, 0.15) is 24.7 Å². The topological polar surface area (TPSA) is 53.1 Å². The van der Waals surface area contributed by atoms with Crippen molar-refractivity contribution in [1.82, 2.24) is 14.5 Å². The molecule has 3 heterocycles. The summed E-state index contributed by atoms with van der Waals surface area (Å²) in [5.74, 6) is -0.513. The second kappa shape index (κ2) is 6.34. The molecule has 0 spiro atoms. The Hall–Kier alpha value is -2.87. The first-order valence-electron chi connectivity index (χ1n) is 9.03. The number of fused-ring (bicyclic) bond motifs is 2. The molecule has 144 valence electrons. The Bertz CT molecular complexity index is 1120. The number of ether oxygens (including phenoxy) is 1. The largest absolute Gasteiger partial charge is 0.449 e. The van der Waals surface area contributed by atoms with Gasteiger partial charge in [-0.05, 0) is 43.2 Å². The number of alkyl halides is 3. The summed E-state index contributed by atoms with van der Waals surface area (Å²) in [6.07, 6.45) is -3.47. The number of para-hydroxylation sites is 2. The molecule has 0 bridgehead atoms. The van der Waals surface area contributed by atoms with Crippen LogP contribution in [0, 0.1) is 0 Å². The van der Waals surface area contributed by atoms with Gasteiger partial charge in [0.05, 0.1) is 11.0 Å². The van der Waals surface area contributed by atoms with Gasteiger partial charge in [-0.2, -0.15) is 13.2 Å². The maximum atomic E-state index is 13.7. The summed E-state index contributed by atoms with van der Waals surface area (Å²) in [5.41, 5.74) is 2.65. The lowest BCUT2D eigenvalue weighted by atomic mass is 10.1. The van der Waals surface area contributed by atoms with Gasteiger partial charge in [0, 0.05) is 24.8 Å². The normalized spacial score (nSPS) is 16.2. The van der Waals surface area contributed by atoms with Gasteiger partial charge in [0.2, 0.25) is 11.7 Å². The lowest BCUT2D eigenvalue weighted by molar-refractivity contribution is -0.148. The van der Waals surface area contributed by atoms with Gasteiger partial charge in [-0.1, -0.05) is 12.1 Å². The molecular formula is C20H16F3N3O2. The molecule has 1 aliphatic rings. The molecule has 2 aromatic heterocycles. The molecule has 5 rings (SSSR count). The summed E-state index contributed by atoms with van der Waals surface area (Å²) in [6.45, 7) is 0.894. The van der Waals surface area contributed by atoms with Gasteiger partial charge in [-0.3, -0.25) is 0 Å². The molecule has 8 heteroatoms. The summed E-state index contributed by atoms with van der Waals surface area (Å²) in [6, 6.07) is 12.0. The predicted molar refractivity (Wildman–Crippen MR) is 96.8 cm³/mol. The fourth-order valence-electron chi connectivity index (χ4n) is 3.74. The van der Waals surface area contributed by atoms with Gasteiger partial charge in [0.15, 0.2) is 5.58 Å². The van der Waals surface area contributed by atoms with Crippen molar-refractivity contribution in [2.75, 3.05) is 13.2 Å². The number of hydrogen-bond acceptors (Lipinski definition) is 4. The summed E-state index contributed by atoms with van der Waals surface area (Å²) < 4.78 is 53.3. The van der Waals surface area contributed by atoms with E-state index in [1.807, 2.05) is 18.2 Å². The Morgan fingerprint density at radius 1 is 0.964 bits per heavy atom. The van der Waals surface area contributed by atoms with Gasteiger partial charge in [0.25, 0.3) is 0 Å². The van der Waals surface area contributed by atoms with E-state index in [2.05, 4.69) is 9.97 Å². The van der Waals surface area contributed by atoms with Gasteiger partial charge < -0.3 is 13.7 Å². The second-order valence-electron chi connectivity index (χ2n) is 6.84. The van der Waals surface area contributed by atoms with E-state index in [1.165, 1.54) is 4.57 Å². The molecule has 0 atom stereocenters. The van der Waals surface area contributed by atoms with Crippen molar-refractivity contribution in [3.8, 4) is 11.5 Å². The Labute approximate surface area is 157 Å². The molecule has 28 heavy (non-hydrogen) atoms. The van der Waals surface area contributed by atoms with Gasteiger partial charge in [-0.25, -0.2) is 9.97 Å². The zero-order chi connectivity index (χ0) is 19.3. The highest BCUT2D eigenvalue weighted by atomic mass is 19.4. The molecule has 5 nitrogen and oxygen atoms in total. The highest BCUT2D eigenvalue weighted by Gasteiger charge is 2.39. The third kappa shape index (κ3) is 2.84. The monoisotopic (exact) mass is 387 g/mol. The minimum atomic E-state index is -4.53. The van der Waals surface area contributed by atoms with Gasteiger partial charge in [0.1, 0.15) is 5.52 Å². The summed E-state index contributed by atoms with van der Waals surface area (Å²) in [5, 5.41) is 0. The molecule has 0 amide bonds. The van der Waals surface area contributed by atoms with E-state index in [9.17, 15) is 13.2 Å². The fraction of sp³-hybridized carbons (Fsp3) is 0.300. The molecular weight excluding hydrogens is 371 g/mol. The number of imidazole rings is 1. The minimum absolute atomic E-state index is 0.276. The fourth-order valence-corrected chi connectivity index (χ4v) is 3.74. The van der Waals surface area contributed by atoms with Crippen LogP contribution < -0.4 is 0 Å². The van der Waals surface area contributed by atoms with Crippen LogP contribution in [0.15, 0.2) is 46.9 Å². The van der Waals surface area contributed by atoms with E-state index in [0.29, 0.717) is 54.1 Å². The summed E-state index contributed by atoms with van der Waals surface area (Å²) in [4.78, 5) is 8.34. The number of nitrogens with zero attached hydrogens (tertiary/aromatic N) is 3. The number of oxazole rings is 1. The second-order valence-corrected chi connectivity index (χ2v) is 6.84. The van der Waals surface area contributed by atoms with Crippen molar-refractivity contribution in [3.05, 3.63) is 48.3 Å². The van der Waals surface area contributed by atoms with Crippen LogP contribution in [0.5, 0.6) is 0 Å². The lowest BCUT2D eigenvalue weighted by Crippen LogP contribution is -2.24. The van der Waals surface area contributed by atoms with E-state index in [1.54, 1.807) is 24.3 Å². The third-order valence-electron chi connectivity index (χ3n) is 5.04. The zero-order valence-corrected chi connectivity index (χ0v) is 14.7. The first-order chi connectivity index (χ1) is 13.5. The summed E-state index contributed by atoms with van der Waals surface area (Å²) in [7, 11) is 0. The Balaban J connectivity index is 1.65. The molecule has 1 aliphatic heterocycles. The highest BCUT2D eigenvalue weighted by molar-refractivity contribution is 5.83. The van der Waals surface area contributed by atoms with E-state index < -0.39 is 12.0 Å². The van der Waals surface area contributed by atoms with E-state index in [-0.39, 0.29) is 11.6 Å². The highest BCUT2D eigenvalue weighted by Crippen LogP contribution is 2.37. The maximum Gasteiger partial charge on any atom is 0.449 e. The smallest absolute Gasteiger partial charge is 0.436 e. The SMILES string of the molecule is FC(F)(F)c1nc2cc(-c3nc4ccccc4o3)ccc2n1C1CCOCC1. The first kappa shape index (κ1) is 17.2. The molecule has 0 radical (unpaired) electrons.